The van der Waals surface area contributed by atoms with E-state index in [1.165, 1.54) is 0 Å². The van der Waals surface area contributed by atoms with Gasteiger partial charge in [-0.15, -0.1) is 0 Å². The number of methoxy groups -OCH3 is 1. The van der Waals surface area contributed by atoms with Crippen LogP contribution in [0, 0.1) is 0 Å². The van der Waals surface area contributed by atoms with Crippen LogP contribution < -0.4 is 4.74 Å². The van der Waals surface area contributed by atoms with Gasteiger partial charge in [0.15, 0.2) is 0 Å². The van der Waals surface area contributed by atoms with Crippen LogP contribution in [0.5, 0.6) is 5.75 Å². The van der Waals surface area contributed by atoms with Gasteiger partial charge in [0.1, 0.15) is 11.6 Å². The van der Waals surface area contributed by atoms with Crippen LogP contribution in [-0.4, -0.2) is 28.2 Å². The van der Waals surface area contributed by atoms with Gasteiger partial charge in [-0.3, -0.25) is 4.79 Å². The summed E-state index contributed by atoms with van der Waals surface area (Å²) in [6.45, 7) is 0. The summed E-state index contributed by atoms with van der Waals surface area (Å²) >= 11 is 0. The molecular formula is C16H14N2O3. The second-order valence-electron chi connectivity index (χ2n) is 4.74. The fourth-order valence-electron chi connectivity index (χ4n) is 2.23. The fraction of sp³-hybridized carbons (Fsp3) is 0.125. The number of hydrogen-bond donors (Lipinski definition) is 2. The van der Waals surface area contributed by atoms with Gasteiger partial charge in [0, 0.05) is 5.56 Å². The number of ether oxygens (including phenoxy) is 1. The Morgan fingerprint density at radius 2 is 2.00 bits per heavy atom. The van der Waals surface area contributed by atoms with E-state index in [4.69, 9.17) is 9.84 Å². The number of aromatic amines is 1. The number of nitrogens with one attached hydrogen (secondary N) is 1. The Morgan fingerprint density at radius 3 is 2.67 bits per heavy atom. The minimum absolute atomic E-state index is 0.00677. The monoisotopic (exact) mass is 282 g/mol. The highest BCUT2D eigenvalue weighted by Crippen LogP contribution is 2.23. The molecule has 106 valence electrons. The van der Waals surface area contributed by atoms with Crippen LogP contribution >= 0.6 is 0 Å². The molecule has 0 saturated carbocycles. The van der Waals surface area contributed by atoms with E-state index in [0.29, 0.717) is 0 Å². The van der Waals surface area contributed by atoms with E-state index in [1.807, 2.05) is 36.4 Å². The number of H-pyrrole nitrogens is 1. The molecule has 0 aliphatic rings. The zero-order valence-electron chi connectivity index (χ0n) is 11.5. The first kappa shape index (κ1) is 13.2. The molecule has 5 nitrogen and oxygen atoms in total. The maximum Gasteiger partial charge on any atom is 0.307 e. The predicted octanol–water partition coefficient (Wildman–Crippen LogP) is 2.87. The zero-order chi connectivity index (χ0) is 14.8. The number of aliphatic carboxylic acids is 1. The summed E-state index contributed by atoms with van der Waals surface area (Å²) < 4.78 is 5.13. The quantitative estimate of drug-likeness (QED) is 0.771. The van der Waals surface area contributed by atoms with E-state index in [9.17, 15) is 4.79 Å². The second kappa shape index (κ2) is 5.28. The van der Waals surface area contributed by atoms with Gasteiger partial charge in [0.05, 0.1) is 24.6 Å². The van der Waals surface area contributed by atoms with Crippen LogP contribution in [0.3, 0.4) is 0 Å². The van der Waals surface area contributed by atoms with Crippen molar-refractivity contribution in [3.63, 3.8) is 0 Å². The number of rotatable bonds is 4. The first-order chi connectivity index (χ1) is 10.2. The Hall–Kier alpha value is -2.82. The summed E-state index contributed by atoms with van der Waals surface area (Å²) in [5.74, 6) is 0.697. The molecule has 0 unspecified atom stereocenters. The SMILES string of the molecule is COc1ccc(-c2nc3ccc(CC(=O)O)cc3[nH]2)cc1. The van der Waals surface area contributed by atoms with Crippen LogP contribution in [0.1, 0.15) is 5.56 Å². The summed E-state index contributed by atoms with van der Waals surface area (Å²) in [6.07, 6.45) is 0.00677. The number of carbonyl (C=O) groups is 1. The van der Waals surface area contributed by atoms with Crippen molar-refractivity contribution in [1.29, 1.82) is 0 Å². The molecule has 0 fully saturated rings. The Morgan fingerprint density at radius 1 is 1.24 bits per heavy atom. The molecule has 21 heavy (non-hydrogen) atoms. The van der Waals surface area contributed by atoms with Crippen molar-refractivity contribution in [3.05, 3.63) is 48.0 Å². The minimum Gasteiger partial charge on any atom is -0.497 e. The number of nitrogens with zero attached hydrogens (tertiary/aromatic N) is 1. The molecule has 0 aliphatic carbocycles. The number of carboxylic acid groups (broad SMARTS) is 1. The molecule has 3 aromatic rings. The van der Waals surface area contributed by atoms with E-state index >= 15 is 0 Å². The first-order valence-electron chi connectivity index (χ1n) is 6.50. The first-order valence-corrected chi connectivity index (χ1v) is 6.50. The van der Waals surface area contributed by atoms with Crippen molar-refractivity contribution in [2.24, 2.45) is 0 Å². The summed E-state index contributed by atoms with van der Waals surface area (Å²) in [4.78, 5) is 18.5. The highest BCUT2D eigenvalue weighted by atomic mass is 16.5. The Labute approximate surface area is 121 Å². The number of hydrogen-bond acceptors (Lipinski definition) is 3. The molecule has 0 radical (unpaired) electrons. The average molecular weight is 282 g/mol. The molecule has 5 heteroatoms. The Balaban J connectivity index is 1.97. The van der Waals surface area contributed by atoms with Crippen molar-refractivity contribution in [2.75, 3.05) is 7.11 Å². The molecule has 2 aromatic carbocycles. The molecule has 2 N–H and O–H groups in total. The number of aromatic nitrogens is 2. The van der Waals surface area contributed by atoms with E-state index in [-0.39, 0.29) is 6.42 Å². The van der Waals surface area contributed by atoms with Gasteiger partial charge >= 0.3 is 5.97 Å². The maximum absolute atomic E-state index is 10.8. The van der Waals surface area contributed by atoms with E-state index in [1.54, 1.807) is 13.2 Å². The van der Waals surface area contributed by atoms with Crippen molar-refractivity contribution in [2.45, 2.75) is 6.42 Å². The summed E-state index contributed by atoms with van der Waals surface area (Å²) in [7, 11) is 1.63. The highest BCUT2D eigenvalue weighted by molar-refractivity contribution is 5.81. The molecule has 0 aliphatic heterocycles. The third kappa shape index (κ3) is 2.72. The number of fused-ring (bicyclic) bond motifs is 1. The van der Waals surface area contributed by atoms with Crippen LogP contribution in [-0.2, 0) is 11.2 Å². The van der Waals surface area contributed by atoms with Gasteiger partial charge in [-0.25, -0.2) is 4.98 Å². The van der Waals surface area contributed by atoms with Crippen LogP contribution in [0.25, 0.3) is 22.4 Å². The lowest BCUT2D eigenvalue weighted by atomic mass is 10.1. The lowest BCUT2D eigenvalue weighted by Crippen LogP contribution is -1.99. The molecule has 0 amide bonds. The normalized spacial score (nSPS) is 10.7. The largest absolute Gasteiger partial charge is 0.497 e. The molecule has 0 bridgehead atoms. The molecular weight excluding hydrogens is 268 g/mol. The summed E-state index contributed by atoms with van der Waals surface area (Å²) in [5, 5.41) is 8.83. The highest BCUT2D eigenvalue weighted by Gasteiger charge is 2.07. The van der Waals surface area contributed by atoms with Gasteiger partial charge in [-0.1, -0.05) is 6.07 Å². The van der Waals surface area contributed by atoms with Gasteiger partial charge in [-0.2, -0.15) is 0 Å². The van der Waals surface area contributed by atoms with Crippen molar-refractivity contribution >= 4 is 17.0 Å². The predicted molar refractivity (Wildman–Crippen MR) is 79.4 cm³/mol. The number of carboxylic acids is 1. The standard InChI is InChI=1S/C16H14N2O3/c1-21-12-5-3-11(4-6-12)16-17-13-7-2-10(9-15(19)20)8-14(13)18-16/h2-8H,9H2,1H3,(H,17,18)(H,19,20). The molecule has 0 saturated heterocycles. The van der Waals surface area contributed by atoms with Gasteiger partial charge < -0.3 is 14.8 Å². The molecule has 0 spiro atoms. The summed E-state index contributed by atoms with van der Waals surface area (Å²) in [6, 6.07) is 13.0. The minimum atomic E-state index is -0.843. The van der Waals surface area contributed by atoms with E-state index < -0.39 is 5.97 Å². The third-order valence-corrected chi connectivity index (χ3v) is 3.27. The van der Waals surface area contributed by atoms with Crippen molar-refractivity contribution in [1.82, 2.24) is 9.97 Å². The van der Waals surface area contributed by atoms with Crippen molar-refractivity contribution < 1.29 is 14.6 Å². The zero-order valence-corrected chi connectivity index (χ0v) is 11.5. The molecule has 1 aromatic heterocycles. The molecule has 0 atom stereocenters. The Bertz CT molecular complexity index is 791. The number of benzene rings is 2. The van der Waals surface area contributed by atoms with Gasteiger partial charge in [-0.05, 0) is 42.0 Å². The number of imidazole rings is 1. The lowest BCUT2D eigenvalue weighted by Gasteiger charge is -2.00. The smallest absolute Gasteiger partial charge is 0.307 e. The van der Waals surface area contributed by atoms with Gasteiger partial charge in [0.25, 0.3) is 0 Å². The van der Waals surface area contributed by atoms with Gasteiger partial charge in [0.2, 0.25) is 0 Å². The topological polar surface area (TPSA) is 75.2 Å². The van der Waals surface area contributed by atoms with Crippen LogP contribution in [0.2, 0.25) is 0 Å². The second-order valence-corrected chi connectivity index (χ2v) is 4.74. The van der Waals surface area contributed by atoms with E-state index in [2.05, 4.69) is 9.97 Å². The third-order valence-electron chi connectivity index (χ3n) is 3.27. The maximum atomic E-state index is 10.8. The Kier molecular flexibility index (Phi) is 3.31. The lowest BCUT2D eigenvalue weighted by molar-refractivity contribution is -0.136. The summed E-state index contributed by atoms with van der Waals surface area (Å²) in [5.41, 5.74) is 3.35. The average Bonchev–Trinajstić information content (AvgIpc) is 2.90. The van der Waals surface area contributed by atoms with Crippen molar-refractivity contribution in [3.8, 4) is 17.1 Å². The molecule has 3 rings (SSSR count). The van der Waals surface area contributed by atoms with E-state index in [0.717, 1.165) is 33.7 Å². The van der Waals surface area contributed by atoms with Crippen LogP contribution in [0.15, 0.2) is 42.5 Å². The van der Waals surface area contributed by atoms with Crippen LogP contribution in [0.4, 0.5) is 0 Å². The fourth-order valence-corrected chi connectivity index (χ4v) is 2.23. The molecule has 1 heterocycles.